The molecule has 3 rings (SSSR count). The normalized spacial score (nSPS) is 15.8. The molecule has 2 aromatic carbocycles. The van der Waals surface area contributed by atoms with Crippen LogP contribution in [0, 0.1) is 25.6 Å². The number of hydrogen-bond donors (Lipinski definition) is 1. The summed E-state index contributed by atoms with van der Waals surface area (Å²) in [6.07, 6.45) is 1.74. The number of rotatable bonds is 5. The summed E-state index contributed by atoms with van der Waals surface area (Å²) in [6, 6.07) is 12.9. The van der Waals surface area contributed by atoms with E-state index < -0.39 is 0 Å². The van der Waals surface area contributed by atoms with Gasteiger partial charge >= 0.3 is 0 Å². The van der Waals surface area contributed by atoms with Crippen molar-refractivity contribution in [3.63, 3.8) is 0 Å². The van der Waals surface area contributed by atoms with Gasteiger partial charge in [-0.1, -0.05) is 18.2 Å². The Morgan fingerprint density at radius 1 is 1.12 bits per heavy atom. The number of benzene rings is 2. The van der Waals surface area contributed by atoms with Gasteiger partial charge in [0, 0.05) is 30.4 Å². The number of carbonyl (C=O) groups excluding carboxylic acids is 1. The van der Waals surface area contributed by atoms with Crippen LogP contribution in [0.5, 0.6) is 0 Å². The molecule has 0 bridgehead atoms. The standard InChI is InChI=1S/C21H25FN2OS/c1-15-11-16(2)13-20(12-15)26-24-9-7-18(8-10-24)21(25)23-14-17-3-5-19(22)6-4-17/h3-6,11-13,18H,7-10,14H2,1-2H3,(H,23,25). The summed E-state index contributed by atoms with van der Waals surface area (Å²) in [7, 11) is 0. The summed E-state index contributed by atoms with van der Waals surface area (Å²) in [5.41, 5.74) is 3.48. The highest BCUT2D eigenvalue weighted by Crippen LogP contribution is 2.29. The second kappa shape index (κ2) is 8.69. The third-order valence-corrected chi connectivity index (χ3v) is 5.70. The molecule has 1 saturated heterocycles. The van der Waals surface area contributed by atoms with Crippen molar-refractivity contribution in [1.82, 2.24) is 9.62 Å². The first-order valence-electron chi connectivity index (χ1n) is 9.03. The molecule has 0 atom stereocenters. The molecule has 1 aliphatic rings. The molecule has 0 unspecified atom stereocenters. The van der Waals surface area contributed by atoms with Crippen LogP contribution in [0.3, 0.4) is 0 Å². The maximum atomic E-state index is 12.9. The number of piperidine rings is 1. The lowest BCUT2D eigenvalue weighted by molar-refractivity contribution is -0.126. The molecule has 1 heterocycles. The molecule has 0 aromatic heterocycles. The van der Waals surface area contributed by atoms with Gasteiger partial charge in [0.05, 0.1) is 0 Å². The summed E-state index contributed by atoms with van der Waals surface area (Å²) < 4.78 is 15.3. The van der Waals surface area contributed by atoms with E-state index in [1.807, 2.05) is 0 Å². The molecule has 138 valence electrons. The Bertz CT molecular complexity index is 735. The van der Waals surface area contributed by atoms with Gasteiger partial charge in [0.2, 0.25) is 5.91 Å². The smallest absolute Gasteiger partial charge is 0.223 e. The minimum atomic E-state index is -0.256. The minimum Gasteiger partial charge on any atom is -0.352 e. The SMILES string of the molecule is Cc1cc(C)cc(SN2CCC(C(=O)NCc3ccc(F)cc3)CC2)c1. The Kier molecular flexibility index (Phi) is 6.33. The fourth-order valence-corrected chi connectivity index (χ4v) is 4.45. The highest BCUT2D eigenvalue weighted by atomic mass is 32.2. The van der Waals surface area contributed by atoms with Crippen LogP contribution in [0.15, 0.2) is 47.4 Å². The van der Waals surface area contributed by atoms with Gasteiger partial charge in [-0.05, 0) is 79.6 Å². The maximum Gasteiger partial charge on any atom is 0.223 e. The molecule has 5 heteroatoms. The Morgan fingerprint density at radius 2 is 1.73 bits per heavy atom. The first kappa shape index (κ1) is 18.9. The summed E-state index contributed by atoms with van der Waals surface area (Å²) >= 11 is 1.78. The number of aryl methyl sites for hydroxylation is 2. The lowest BCUT2D eigenvalue weighted by atomic mass is 9.97. The Morgan fingerprint density at radius 3 is 2.35 bits per heavy atom. The third kappa shape index (κ3) is 5.32. The van der Waals surface area contributed by atoms with Gasteiger partial charge < -0.3 is 5.32 Å². The van der Waals surface area contributed by atoms with Crippen molar-refractivity contribution in [2.45, 2.75) is 38.1 Å². The Balaban J connectivity index is 1.45. The summed E-state index contributed by atoms with van der Waals surface area (Å²) in [5, 5.41) is 2.98. The summed E-state index contributed by atoms with van der Waals surface area (Å²) in [6.45, 7) is 6.51. The van der Waals surface area contributed by atoms with Crippen LogP contribution in [0.4, 0.5) is 4.39 Å². The van der Waals surface area contributed by atoms with Crippen LogP contribution in [0.2, 0.25) is 0 Å². The second-order valence-electron chi connectivity index (χ2n) is 6.96. The number of halogens is 1. The van der Waals surface area contributed by atoms with E-state index in [0.717, 1.165) is 31.5 Å². The first-order valence-corrected chi connectivity index (χ1v) is 9.80. The van der Waals surface area contributed by atoms with Crippen molar-refractivity contribution in [2.75, 3.05) is 13.1 Å². The average molecular weight is 373 g/mol. The molecular formula is C21H25FN2OS. The Hall–Kier alpha value is -1.85. The lowest BCUT2D eigenvalue weighted by Crippen LogP contribution is -2.37. The molecule has 0 saturated carbocycles. The van der Waals surface area contributed by atoms with Crippen LogP contribution in [-0.2, 0) is 11.3 Å². The van der Waals surface area contributed by atoms with Crippen LogP contribution in [0.25, 0.3) is 0 Å². The van der Waals surface area contributed by atoms with E-state index in [-0.39, 0.29) is 17.6 Å². The zero-order chi connectivity index (χ0) is 18.5. The van der Waals surface area contributed by atoms with Crippen molar-refractivity contribution in [3.8, 4) is 0 Å². The lowest BCUT2D eigenvalue weighted by Gasteiger charge is -2.30. The molecule has 26 heavy (non-hydrogen) atoms. The van der Waals surface area contributed by atoms with Gasteiger partial charge in [-0.2, -0.15) is 0 Å². The van der Waals surface area contributed by atoms with Crippen molar-refractivity contribution in [3.05, 3.63) is 65.0 Å². The molecule has 0 radical (unpaired) electrons. The topological polar surface area (TPSA) is 32.3 Å². The Labute approximate surface area is 159 Å². The number of hydrogen-bond acceptors (Lipinski definition) is 3. The zero-order valence-corrected chi connectivity index (χ0v) is 16.1. The van der Waals surface area contributed by atoms with Crippen LogP contribution >= 0.6 is 11.9 Å². The van der Waals surface area contributed by atoms with Gasteiger partial charge in [0.25, 0.3) is 0 Å². The van der Waals surface area contributed by atoms with Gasteiger partial charge in [-0.3, -0.25) is 4.79 Å². The number of carbonyl (C=O) groups is 1. The molecule has 3 nitrogen and oxygen atoms in total. The highest BCUT2D eigenvalue weighted by molar-refractivity contribution is 7.97. The highest BCUT2D eigenvalue weighted by Gasteiger charge is 2.25. The maximum absolute atomic E-state index is 12.9. The van der Waals surface area contributed by atoms with Crippen molar-refractivity contribution in [1.29, 1.82) is 0 Å². The number of nitrogens with zero attached hydrogens (tertiary/aromatic N) is 1. The van der Waals surface area contributed by atoms with Gasteiger partial charge in [-0.25, -0.2) is 8.70 Å². The summed E-state index contributed by atoms with van der Waals surface area (Å²) in [5.74, 6) is -0.0920. The quantitative estimate of drug-likeness (QED) is 0.786. The van der Waals surface area contributed by atoms with E-state index >= 15 is 0 Å². The predicted molar refractivity (Wildman–Crippen MR) is 104 cm³/mol. The first-order chi connectivity index (χ1) is 12.5. The fourth-order valence-electron chi connectivity index (χ4n) is 3.28. The van der Waals surface area contributed by atoms with Gasteiger partial charge in [0.15, 0.2) is 0 Å². The number of amides is 1. The van der Waals surface area contributed by atoms with Crippen molar-refractivity contribution in [2.24, 2.45) is 5.92 Å². The molecule has 1 aliphatic heterocycles. The zero-order valence-electron chi connectivity index (χ0n) is 15.3. The molecule has 0 aliphatic carbocycles. The van der Waals surface area contributed by atoms with E-state index in [9.17, 15) is 9.18 Å². The van der Waals surface area contributed by atoms with E-state index in [1.165, 1.54) is 28.2 Å². The largest absolute Gasteiger partial charge is 0.352 e. The van der Waals surface area contributed by atoms with Crippen molar-refractivity contribution >= 4 is 17.9 Å². The molecule has 1 fully saturated rings. The predicted octanol–water partition coefficient (Wildman–Crippen LogP) is 4.48. The van der Waals surface area contributed by atoms with Crippen LogP contribution < -0.4 is 5.32 Å². The van der Waals surface area contributed by atoms with Crippen molar-refractivity contribution < 1.29 is 9.18 Å². The second-order valence-corrected chi connectivity index (χ2v) is 8.13. The molecule has 0 spiro atoms. The molecule has 1 N–H and O–H groups in total. The minimum absolute atomic E-state index is 0.0616. The number of nitrogens with one attached hydrogen (secondary N) is 1. The third-order valence-electron chi connectivity index (χ3n) is 4.63. The monoisotopic (exact) mass is 372 g/mol. The summed E-state index contributed by atoms with van der Waals surface area (Å²) in [4.78, 5) is 13.6. The van der Waals surface area contributed by atoms with E-state index in [2.05, 4.69) is 41.7 Å². The van der Waals surface area contributed by atoms with Gasteiger partial charge in [0.1, 0.15) is 5.82 Å². The van der Waals surface area contributed by atoms with Crippen LogP contribution in [-0.4, -0.2) is 23.3 Å². The molecule has 2 aromatic rings. The average Bonchev–Trinajstić information content (AvgIpc) is 2.61. The van der Waals surface area contributed by atoms with Crippen LogP contribution in [0.1, 0.15) is 29.5 Å². The fraction of sp³-hybridized carbons (Fsp3) is 0.381. The molecule has 1 amide bonds. The van der Waals surface area contributed by atoms with E-state index in [0.29, 0.717) is 6.54 Å². The van der Waals surface area contributed by atoms with E-state index in [1.54, 1.807) is 24.1 Å². The molecular weight excluding hydrogens is 347 g/mol. The van der Waals surface area contributed by atoms with Gasteiger partial charge in [-0.15, -0.1) is 0 Å². The van der Waals surface area contributed by atoms with E-state index in [4.69, 9.17) is 0 Å².